The fraction of sp³-hybridized carbons (Fsp3) is 0.941. The zero-order valence-electron chi connectivity index (χ0n) is 13.6. The van der Waals surface area contributed by atoms with Crippen molar-refractivity contribution in [2.45, 2.75) is 60.3 Å². The van der Waals surface area contributed by atoms with Crippen molar-refractivity contribution in [2.24, 2.45) is 23.2 Å². The second-order valence-electron chi connectivity index (χ2n) is 7.64. The summed E-state index contributed by atoms with van der Waals surface area (Å²) < 4.78 is 0. The molecule has 1 saturated carbocycles. The van der Waals surface area contributed by atoms with Gasteiger partial charge < -0.3 is 9.69 Å². The summed E-state index contributed by atoms with van der Waals surface area (Å²) in [4.78, 5) is 14.2. The second-order valence-corrected chi connectivity index (χ2v) is 7.64. The van der Waals surface area contributed by atoms with E-state index < -0.39 is 0 Å². The smallest absolute Gasteiger partial charge is 0.127 e. The number of rotatable bonds is 7. The average Bonchev–Trinajstić information content (AvgIpc) is 2.31. The first-order chi connectivity index (χ1) is 8.87. The van der Waals surface area contributed by atoms with Crippen LogP contribution in [0.2, 0.25) is 0 Å². The molecule has 2 nitrogen and oxygen atoms in total. The monoisotopic (exact) mass is 267 g/mol. The van der Waals surface area contributed by atoms with Crippen molar-refractivity contribution in [1.29, 1.82) is 0 Å². The zero-order chi connectivity index (χ0) is 14.5. The van der Waals surface area contributed by atoms with Crippen LogP contribution in [0.25, 0.3) is 0 Å². The Balaban J connectivity index is 2.65. The van der Waals surface area contributed by atoms with Gasteiger partial charge in [0, 0.05) is 25.0 Å². The summed E-state index contributed by atoms with van der Waals surface area (Å²) in [5, 5.41) is 0. The Kier molecular flexibility index (Phi) is 6.52. The molecule has 0 atom stereocenters. The molecular formula is C17H33NO. The average molecular weight is 267 g/mol. The van der Waals surface area contributed by atoms with E-state index in [2.05, 4.69) is 39.5 Å². The van der Waals surface area contributed by atoms with Crippen LogP contribution < -0.4 is 0 Å². The third kappa shape index (κ3) is 5.64. The number of carbonyl (C=O) groups excluding carboxylic acids is 1. The maximum atomic E-state index is 11.7. The Bertz CT molecular complexity index is 254. The SMILES string of the molecule is CC(C)CN(CC(C)C)CC1(C=O)CCC(C)CC1. The molecule has 19 heavy (non-hydrogen) atoms. The Morgan fingerprint density at radius 1 is 1.11 bits per heavy atom. The summed E-state index contributed by atoms with van der Waals surface area (Å²) in [7, 11) is 0. The van der Waals surface area contributed by atoms with Crippen LogP contribution in [-0.4, -0.2) is 30.8 Å². The first-order valence-electron chi connectivity index (χ1n) is 8.05. The normalized spacial score (nSPS) is 28.3. The van der Waals surface area contributed by atoms with E-state index in [4.69, 9.17) is 0 Å². The lowest BCUT2D eigenvalue weighted by atomic mass is 9.71. The number of carbonyl (C=O) groups is 1. The molecule has 1 aliphatic rings. The van der Waals surface area contributed by atoms with Crippen molar-refractivity contribution in [3.05, 3.63) is 0 Å². The van der Waals surface area contributed by atoms with Gasteiger partial charge in [0.25, 0.3) is 0 Å². The van der Waals surface area contributed by atoms with Gasteiger partial charge in [0.1, 0.15) is 6.29 Å². The van der Waals surface area contributed by atoms with Crippen LogP contribution in [0.4, 0.5) is 0 Å². The minimum Gasteiger partial charge on any atom is -0.303 e. The van der Waals surface area contributed by atoms with Gasteiger partial charge in [0.2, 0.25) is 0 Å². The quantitative estimate of drug-likeness (QED) is 0.650. The highest BCUT2D eigenvalue weighted by Crippen LogP contribution is 2.38. The molecule has 0 radical (unpaired) electrons. The third-order valence-electron chi connectivity index (χ3n) is 4.31. The summed E-state index contributed by atoms with van der Waals surface area (Å²) in [6.07, 6.45) is 5.88. The molecule has 0 unspecified atom stereocenters. The van der Waals surface area contributed by atoms with Gasteiger partial charge in [-0.3, -0.25) is 0 Å². The van der Waals surface area contributed by atoms with Crippen molar-refractivity contribution < 1.29 is 4.79 Å². The topological polar surface area (TPSA) is 20.3 Å². The number of nitrogens with zero attached hydrogens (tertiary/aromatic N) is 1. The third-order valence-corrected chi connectivity index (χ3v) is 4.31. The lowest BCUT2D eigenvalue weighted by molar-refractivity contribution is -0.119. The lowest BCUT2D eigenvalue weighted by Gasteiger charge is -2.40. The van der Waals surface area contributed by atoms with Gasteiger partial charge in [0.15, 0.2) is 0 Å². The Morgan fingerprint density at radius 3 is 1.95 bits per heavy atom. The van der Waals surface area contributed by atoms with Crippen LogP contribution in [0.1, 0.15) is 60.3 Å². The molecule has 0 aromatic rings. The number of aldehydes is 1. The maximum Gasteiger partial charge on any atom is 0.127 e. The van der Waals surface area contributed by atoms with Gasteiger partial charge in [-0.2, -0.15) is 0 Å². The van der Waals surface area contributed by atoms with Crippen molar-refractivity contribution in [3.63, 3.8) is 0 Å². The molecule has 0 saturated heterocycles. The van der Waals surface area contributed by atoms with E-state index in [9.17, 15) is 4.79 Å². The summed E-state index contributed by atoms with van der Waals surface area (Å²) >= 11 is 0. The van der Waals surface area contributed by atoms with Crippen molar-refractivity contribution in [1.82, 2.24) is 4.90 Å². The van der Waals surface area contributed by atoms with Crippen LogP contribution >= 0.6 is 0 Å². The van der Waals surface area contributed by atoms with Gasteiger partial charge >= 0.3 is 0 Å². The molecule has 0 N–H and O–H groups in total. The fourth-order valence-corrected chi connectivity index (χ4v) is 3.33. The zero-order valence-corrected chi connectivity index (χ0v) is 13.6. The van der Waals surface area contributed by atoms with Crippen LogP contribution in [0.15, 0.2) is 0 Å². The van der Waals surface area contributed by atoms with E-state index in [1.165, 1.54) is 19.1 Å². The van der Waals surface area contributed by atoms with E-state index in [0.29, 0.717) is 11.8 Å². The molecule has 0 aromatic carbocycles. The second kappa shape index (κ2) is 7.42. The minimum atomic E-state index is -0.0592. The molecule has 0 bridgehead atoms. The fourth-order valence-electron chi connectivity index (χ4n) is 3.33. The van der Waals surface area contributed by atoms with Crippen LogP contribution in [0.5, 0.6) is 0 Å². The molecular weight excluding hydrogens is 234 g/mol. The van der Waals surface area contributed by atoms with E-state index in [1.807, 2.05) is 0 Å². The highest BCUT2D eigenvalue weighted by molar-refractivity contribution is 5.60. The van der Waals surface area contributed by atoms with E-state index in [1.54, 1.807) is 0 Å². The highest BCUT2D eigenvalue weighted by atomic mass is 16.1. The van der Waals surface area contributed by atoms with E-state index in [-0.39, 0.29) is 5.41 Å². The Labute approximate surface area is 119 Å². The van der Waals surface area contributed by atoms with E-state index in [0.717, 1.165) is 38.4 Å². The molecule has 2 heteroatoms. The summed E-state index contributed by atoms with van der Waals surface area (Å²) in [6.45, 7) is 14.6. The number of hydrogen-bond acceptors (Lipinski definition) is 2. The van der Waals surface area contributed by atoms with Crippen LogP contribution in [0, 0.1) is 23.2 Å². The molecule has 1 fully saturated rings. The van der Waals surface area contributed by atoms with Crippen LogP contribution in [0.3, 0.4) is 0 Å². The Hall–Kier alpha value is -0.370. The molecule has 0 aromatic heterocycles. The summed E-state index contributed by atoms with van der Waals surface area (Å²) in [6, 6.07) is 0. The Morgan fingerprint density at radius 2 is 1.58 bits per heavy atom. The molecule has 0 amide bonds. The van der Waals surface area contributed by atoms with Crippen molar-refractivity contribution in [3.8, 4) is 0 Å². The first kappa shape index (κ1) is 16.7. The van der Waals surface area contributed by atoms with Gasteiger partial charge in [0.05, 0.1) is 0 Å². The van der Waals surface area contributed by atoms with E-state index >= 15 is 0 Å². The van der Waals surface area contributed by atoms with Gasteiger partial charge in [-0.15, -0.1) is 0 Å². The highest BCUT2D eigenvalue weighted by Gasteiger charge is 2.35. The van der Waals surface area contributed by atoms with Crippen LogP contribution in [-0.2, 0) is 4.79 Å². The predicted molar refractivity (Wildman–Crippen MR) is 82.2 cm³/mol. The van der Waals surface area contributed by atoms with Crippen molar-refractivity contribution in [2.75, 3.05) is 19.6 Å². The molecule has 0 heterocycles. The van der Waals surface area contributed by atoms with Gasteiger partial charge in [-0.1, -0.05) is 34.6 Å². The van der Waals surface area contributed by atoms with Crippen molar-refractivity contribution >= 4 is 6.29 Å². The molecule has 112 valence electrons. The molecule has 1 rings (SSSR count). The number of hydrogen-bond donors (Lipinski definition) is 0. The maximum absolute atomic E-state index is 11.7. The molecule has 0 spiro atoms. The summed E-state index contributed by atoms with van der Waals surface area (Å²) in [5.74, 6) is 2.15. The summed E-state index contributed by atoms with van der Waals surface area (Å²) in [5.41, 5.74) is -0.0592. The standard InChI is InChI=1S/C17H33NO/c1-14(2)10-18(11-15(3)4)12-17(13-19)8-6-16(5)7-9-17/h13-16H,6-12H2,1-5H3. The van der Waals surface area contributed by atoms with Gasteiger partial charge in [-0.05, 0) is 43.4 Å². The lowest BCUT2D eigenvalue weighted by Crippen LogP contribution is -2.44. The first-order valence-corrected chi connectivity index (χ1v) is 8.05. The largest absolute Gasteiger partial charge is 0.303 e. The molecule has 0 aliphatic heterocycles. The predicted octanol–water partition coefficient (Wildman–Crippen LogP) is 4.00. The minimum absolute atomic E-state index is 0.0592. The van der Waals surface area contributed by atoms with Gasteiger partial charge in [-0.25, -0.2) is 0 Å². The molecule has 1 aliphatic carbocycles.